The lowest BCUT2D eigenvalue weighted by Crippen LogP contribution is -2.30. The molecule has 0 aliphatic carbocycles. The first-order valence-corrected chi connectivity index (χ1v) is 6.36. The normalized spacial score (nSPS) is 11.0. The van der Waals surface area contributed by atoms with Gasteiger partial charge < -0.3 is 5.32 Å². The smallest absolute Gasteiger partial charge is 0.240 e. The van der Waals surface area contributed by atoms with Gasteiger partial charge in [-0.15, -0.1) is 12.4 Å². The molecular formula is C10H16ClFN2O2S. The molecule has 0 unspecified atom stereocenters. The molecule has 0 bridgehead atoms. The first-order valence-electron chi connectivity index (χ1n) is 4.88. The van der Waals surface area contributed by atoms with E-state index >= 15 is 0 Å². The Morgan fingerprint density at radius 1 is 1.29 bits per heavy atom. The van der Waals surface area contributed by atoms with Gasteiger partial charge in [-0.2, -0.15) is 0 Å². The Labute approximate surface area is 107 Å². The predicted molar refractivity (Wildman–Crippen MR) is 67.5 cm³/mol. The molecule has 0 aromatic heterocycles. The largest absolute Gasteiger partial charge is 0.318 e. The summed E-state index contributed by atoms with van der Waals surface area (Å²) in [4.78, 5) is -0.0493. The summed E-state index contributed by atoms with van der Waals surface area (Å²) in [6.45, 7) is 2.38. The Bertz CT molecular complexity index is 465. The minimum atomic E-state index is -3.60. The molecule has 7 heteroatoms. The molecule has 98 valence electrons. The highest BCUT2D eigenvalue weighted by molar-refractivity contribution is 7.89. The number of aryl methyl sites for hydroxylation is 1. The van der Waals surface area contributed by atoms with Crippen LogP contribution in [-0.2, 0) is 10.0 Å². The highest BCUT2D eigenvalue weighted by Crippen LogP contribution is 2.13. The average molecular weight is 283 g/mol. The van der Waals surface area contributed by atoms with Crippen LogP contribution in [-0.4, -0.2) is 28.6 Å². The van der Waals surface area contributed by atoms with Gasteiger partial charge in [-0.25, -0.2) is 17.5 Å². The van der Waals surface area contributed by atoms with Crippen molar-refractivity contribution in [3.8, 4) is 0 Å². The van der Waals surface area contributed by atoms with E-state index in [1.54, 1.807) is 14.0 Å². The third-order valence-electron chi connectivity index (χ3n) is 2.12. The molecule has 1 aromatic rings. The van der Waals surface area contributed by atoms with E-state index < -0.39 is 15.8 Å². The van der Waals surface area contributed by atoms with E-state index in [0.29, 0.717) is 12.1 Å². The standard InChI is InChI=1S/C10H15FN2O2S.ClH/c1-8-3-4-9(7-10(8)11)16(14,15)13-6-5-12-2;/h3-4,7,12-13H,5-6H2,1-2H3;1H. The van der Waals surface area contributed by atoms with Gasteiger partial charge in [-0.1, -0.05) is 6.07 Å². The van der Waals surface area contributed by atoms with Crippen LogP contribution in [0, 0.1) is 12.7 Å². The van der Waals surface area contributed by atoms with Crippen LogP contribution in [0.25, 0.3) is 0 Å². The Balaban J connectivity index is 0.00000256. The molecule has 0 heterocycles. The molecule has 0 spiro atoms. The van der Waals surface area contributed by atoms with Crippen molar-refractivity contribution in [1.29, 1.82) is 0 Å². The van der Waals surface area contributed by atoms with Gasteiger partial charge in [-0.3, -0.25) is 0 Å². The van der Waals surface area contributed by atoms with Crippen molar-refractivity contribution < 1.29 is 12.8 Å². The summed E-state index contributed by atoms with van der Waals surface area (Å²) in [5, 5.41) is 2.81. The number of rotatable bonds is 5. The summed E-state index contributed by atoms with van der Waals surface area (Å²) in [5.74, 6) is -0.517. The second-order valence-corrected chi connectivity index (χ2v) is 5.18. The molecule has 0 aliphatic rings. The second-order valence-electron chi connectivity index (χ2n) is 3.41. The first kappa shape index (κ1) is 16.3. The van der Waals surface area contributed by atoms with E-state index in [9.17, 15) is 12.8 Å². The van der Waals surface area contributed by atoms with E-state index in [4.69, 9.17) is 0 Å². The topological polar surface area (TPSA) is 58.2 Å². The van der Waals surface area contributed by atoms with E-state index in [2.05, 4.69) is 10.0 Å². The summed E-state index contributed by atoms with van der Waals surface area (Å²) in [7, 11) is -1.88. The summed E-state index contributed by atoms with van der Waals surface area (Å²) in [5.41, 5.74) is 0.425. The van der Waals surface area contributed by atoms with Crippen LogP contribution in [0.1, 0.15) is 5.56 Å². The zero-order valence-corrected chi connectivity index (χ0v) is 11.3. The summed E-state index contributed by atoms with van der Waals surface area (Å²) in [6.07, 6.45) is 0. The Morgan fingerprint density at radius 2 is 1.94 bits per heavy atom. The van der Waals surface area contributed by atoms with E-state index in [-0.39, 0.29) is 23.8 Å². The van der Waals surface area contributed by atoms with Crippen LogP contribution in [0.4, 0.5) is 4.39 Å². The van der Waals surface area contributed by atoms with Crippen molar-refractivity contribution >= 4 is 22.4 Å². The molecule has 17 heavy (non-hydrogen) atoms. The maximum Gasteiger partial charge on any atom is 0.240 e. The van der Waals surface area contributed by atoms with Crippen molar-refractivity contribution in [2.45, 2.75) is 11.8 Å². The van der Waals surface area contributed by atoms with Crippen LogP contribution in [0.2, 0.25) is 0 Å². The Kier molecular flexibility index (Phi) is 6.62. The number of hydrogen-bond donors (Lipinski definition) is 2. The molecule has 1 aromatic carbocycles. The van der Waals surface area contributed by atoms with Crippen molar-refractivity contribution in [2.24, 2.45) is 0 Å². The van der Waals surface area contributed by atoms with Crippen LogP contribution < -0.4 is 10.0 Å². The minimum absolute atomic E-state index is 0. The fourth-order valence-electron chi connectivity index (χ4n) is 1.13. The molecule has 2 N–H and O–H groups in total. The predicted octanol–water partition coefficient (Wildman–Crippen LogP) is 1.05. The highest BCUT2D eigenvalue weighted by Gasteiger charge is 2.14. The zero-order valence-electron chi connectivity index (χ0n) is 9.66. The van der Waals surface area contributed by atoms with Gasteiger partial charge in [0.25, 0.3) is 0 Å². The van der Waals surface area contributed by atoms with E-state index in [1.165, 1.54) is 12.1 Å². The van der Waals surface area contributed by atoms with Gasteiger partial charge in [0.2, 0.25) is 10.0 Å². The number of hydrogen-bond acceptors (Lipinski definition) is 3. The fraction of sp³-hybridized carbons (Fsp3) is 0.400. The zero-order chi connectivity index (χ0) is 12.2. The average Bonchev–Trinajstić information content (AvgIpc) is 2.22. The van der Waals surface area contributed by atoms with Crippen molar-refractivity contribution in [2.75, 3.05) is 20.1 Å². The number of halogens is 2. The van der Waals surface area contributed by atoms with Crippen LogP contribution in [0.3, 0.4) is 0 Å². The fourth-order valence-corrected chi connectivity index (χ4v) is 2.18. The molecule has 0 amide bonds. The van der Waals surface area contributed by atoms with Gasteiger partial charge >= 0.3 is 0 Å². The van der Waals surface area contributed by atoms with Crippen molar-refractivity contribution in [3.63, 3.8) is 0 Å². The summed E-state index contributed by atoms with van der Waals surface area (Å²) < 4.78 is 38.9. The molecule has 0 aliphatic heterocycles. The first-order chi connectivity index (χ1) is 7.47. The molecule has 0 saturated heterocycles. The molecule has 0 fully saturated rings. The number of sulfonamides is 1. The summed E-state index contributed by atoms with van der Waals surface area (Å²) >= 11 is 0. The van der Waals surface area contributed by atoms with E-state index in [1.807, 2.05) is 0 Å². The second kappa shape index (κ2) is 6.90. The quantitative estimate of drug-likeness (QED) is 0.794. The maximum absolute atomic E-state index is 13.2. The lowest BCUT2D eigenvalue weighted by atomic mass is 10.2. The molecular weight excluding hydrogens is 267 g/mol. The van der Waals surface area contributed by atoms with Crippen LogP contribution >= 0.6 is 12.4 Å². The number of likely N-dealkylation sites (N-methyl/N-ethyl adjacent to an activating group) is 1. The SMILES string of the molecule is CNCCNS(=O)(=O)c1ccc(C)c(F)c1.Cl. The van der Waals surface area contributed by atoms with Crippen molar-refractivity contribution in [1.82, 2.24) is 10.0 Å². The lowest BCUT2D eigenvalue weighted by molar-refractivity contribution is 0.575. The number of benzene rings is 1. The molecule has 0 saturated carbocycles. The van der Waals surface area contributed by atoms with E-state index in [0.717, 1.165) is 6.07 Å². The Morgan fingerprint density at radius 3 is 2.47 bits per heavy atom. The van der Waals surface area contributed by atoms with Crippen LogP contribution in [0.5, 0.6) is 0 Å². The lowest BCUT2D eigenvalue weighted by Gasteiger charge is -2.07. The monoisotopic (exact) mass is 282 g/mol. The third kappa shape index (κ3) is 4.59. The molecule has 0 radical (unpaired) electrons. The van der Waals surface area contributed by atoms with Crippen LogP contribution in [0.15, 0.2) is 23.1 Å². The molecule has 4 nitrogen and oxygen atoms in total. The Hall–Kier alpha value is -0.690. The summed E-state index contributed by atoms with van der Waals surface area (Å²) in [6, 6.07) is 3.86. The maximum atomic E-state index is 13.2. The van der Waals surface area contributed by atoms with Gasteiger partial charge in [0.15, 0.2) is 0 Å². The molecule has 0 atom stereocenters. The third-order valence-corrected chi connectivity index (χ3v) is 3.58. The van der Waals surface area contributed by atoms with Gasteiger partial charge in [0.1, 0.15) is 5.82 Å². The van der Waals surface area contributed by atoms with Gasteiger partial charge in [0, 0.05) is 13.1 Å². The van der Waals surface area contributed by atoms with Crippen molar-refractivity contribution in [3.05, 3.63) is 29.6 Å². The minimum Gasteiger partial charge on any atom is -0.318 e. The van der Waals surface area contributed by atoms with Gasteiger partial charge in [-0.05, 0) is 31.7 Å². The highest BCUT2D eigenvalue weighted by atomic mass is 35.5. The molecule has 1 rings (SSSR count). The number of nitrogens with one attached hydrogen (secondary N) is 2. The van der Waals surface area contributed by atoms with Gasteiger partial charge in [0.05, 0.1) is 4.90 Å².